The van der Waals surface area contributed by atoms with E-state index in [1.165, 1.54) is 21.6 Å². The largest absolute Gasteiger partial charge is 0.492 e. The maximum Gasteiger partial charge on any atom is 0.322 e. The van der Waals surface area contributed by atoms with Gasteiger partial charge in [0.1, 0.15) is 17.4 Å². The monoisotopic (exact) mass is 536 g/mol. The van der Waals surface area contributed by atoms with Crippen molar-refractivity contribution in [3.8, 4) is 11.4 Å². The number of ether oxygens (including phenoxy) is 1. The minimum atomic E-state index is -0.709. The number of urea groups is 1. The van der Waals surface area contributed by atoms with Gasteiger partial charge in [-0.25, -0.2) is 14.2 Å². The molecule has 8 heteroatoms. The van der Waals surface area contributed by atoms with Crippen molar-refractivity contribution in [3.05, 3.63) is 131 Å². The fourth-order valence-corrected chi connectivity index (χ4v) is 4.64. The molecule has 5 aromatic rings. The predicted molar refractivity (Wildman–Crippen MR) is 154 cm³/mol. The summed E-state index contributed by atoms with van der Waals surface area (Å²) in [5.41, 5.74) is 1.66. The highest BCUT2D eigenvalue weighted by molar-refractivity contribution is 5.89. The van der Waals surface area contributed by atoms with E-state index in [9.17, 15) is 14.0 Å². The van der Waals surface area contributed by atoms with E-state index in [2.05, 4.69) is 5.32 Å². The highest BCUT2D eigenvalue weighted by Crippen LogP contribution is 2.29. The highest BCUT2D eigenvalue weighted by Gasteiger charge is 2.28. The number of hydrogen-bond acceptors (Lipinski definition) is 4. The van der Waals surface area contributed by atoms with Crippen LogP contribution in [0.4, 0.5) is 14.9 Å². The van der Waals surface area contributed by atoms with Crippen LogP contribution in [0, 0.1) is 5.82 Å². The molecule has 0 aliphatic rings. The molecule has 0 bridgehead atoms. The third-order valence-electron chi connectivity index (χ3n) is 6.62. The van der Waals surface area contributed by atoms with Crippen molar-refractivity contribution in [3.63, 3.8) is 0 Å². The molecule has 4 aromatic carbocycles. The van der Waals surface area contributed by atoms with Crippen molar-refractivity contribution in [2.45, 2.75) is 26.4 Å². The van der Waals surface area contributed by atoms with Crippen LogP contribution in [0.1, 0.15) is 31.3 Å². The standard InChI is InChI=1S/C32H29FN4O3/c1-3-40-29-20-12-11-19-28(29)37-30(34-26-17-9-7-15-24(26)31(37)38)22(2)36(21-23-13-5-4-6-14-23)32(39)35-27-18-10-8-16-25(27)33/h4-20,22H,3,21H2,1-2H3,(H,35,39). The van der Waals surface area contributed by atoms with E-state index in [-0.39, 0.29) is 17.8 Å². The number of anilines is 1. The van der Waals surface area contributed by atoms with Gasteiger partial charge in [-0.2, -0.15) is 0 Å². The van der Waals surface area contributed by atoms with Crippen molar-refractivity contribution in [2.75, 3.05) is 11.9 Å². The minimum absolute atomic E-state index is 0.0586. The molecule has 1 atom stereocenters. The third kappa shape index (κ3) is 5.42. The molecule has 0 spiro atoms. The number of benzene rings is 4. The maximum absolute atomic E-state index is 14.5. The predicted octanol–water partition coefficient (Wildman–Crippen LogP) is 6.72. The average molecular weight is 537 g/mol. The van der Waals surface area contributed by atoms with Gasteiger partial charge < -0.3 is 15.0 Å². The third-order valence-corrected chi connectivity index (χ3v) is 6.62. The lowest BCUT2D eigenvalue weighted by atomic mass is 10.1. The summed E-state index contributed by atoms with van der Waals surface area (Å²) in [6, 6.07) is 28.6. The van der Waals surface area contributed by atoms with E-state index in [4.69, 9.17) is 9.72 Å². The SMILES string of the molecule is CCOc1ccccc1-n1c(C(C)N(Cc2ccccc2)C(=O)Nc2ccccc2F)nc2ccccc2c1=O. The van der Waals surface area contributed by atoms with Crippen molar-refractivity contribution in [1.82, 2.24) is 14.5 Å². The number of nitrogens with one attached hydrogen (secondary N) is 1. The second kappa shape index (κ2) is 11.8. The molecular formula is C32H29FN4O3. The van der Waals surface area contributed by atoms with Gasteiger partial charge in [0.25, 0.3) is 5.56 Å². The van der Waals surface area contributed by atoms with Crippen molar-refractivity contribution in [1.29, 1.82) is 0 Å². The Balaban J connectivity index is 1.68. The Labute approximate surface area is 231 Å². The number of aromatic nitrogens is 2. The van der Waals surface area contributed by atoms with E-state index < -0.39 is 17.9 Å². The summed E-state index contributed by atoms with van der Waals surface area (Å²) in [4.78, 5) is 34.2. The van der Waals surface area contributed by atoms with E-state index in [1.807, 2.05) is 55.5 Å². The number of fused-ring (bicyclic) bond motifs is 1. The van der Waals surface area contributed by atoms with E-state index >= 15 is 0 Å². The summed E-state index contributed by atoms with van der Waals surface area (Å²) in [5, 5.41) is 3.14. The average Bonchev–Trinajstić information content (AvgIpc) is 2.98. The fourth-order valence-electron chi connectivity index (χ4n) is 4.64. The van der Waals surface area contributed by atoms with Crippen LogP contribution in [0.25, 0.3) is 16.6 Å². The number of carbonyl (C=O) groups is 1. The molecule has 1 unspecified atom stereocenters. The quantitative estimate of drug-likeness (QED) is 0.239. The summed E-state index contributed by atoms with van der Waals surface area (Å²) in [6.07, 6.45) is 0. The molecule has 1 heterocycles. The summed E-state index contributed by atoms with van der Waals surface area (Å²) in [6.45, 7) is 4.28. The normalized spacial score (nSPS) is 11.7. The van der Waals surface area contributed by atoms with Gasteiger partial charge in [0.2, 0.25) is 0 Å². The number of carbonyl (C=O) groups excluding carboxylic acids is 1. The van der Waals surface area contributed by atoms with Gasteiger partial charge in [-0.3, -0.25) is 9.36 Å². The molecule has 0 saturated carbocycles. The maximum atomic E-state index is 14.5. The first-order valence-electron chi connectivity index (χ1n) is 13.1. The summed E-state index contributed by atoms with van der Waals surface area (Å²) >= 11 is 0. The number of nitrogens with zero attached hydrogens (tertiary/aromatic N) is 3. The van der Waals surface area contributed by atoms with Crippen LogP contribution in [0.5, 0.6) is 5.75 Å². The topological polar surface area (TPSA) is 76.5 Å². The van der Waals surface area contributed by atoms with Crippen LogP contribution < -0.4 is 15.6 Å². The molecular weight excluding hydrogens is 507 g/mol. The van der Waals surface area contributed by atoms with Crippen LogP contribution in [0.3, 0.4) is 0 Å². The Morgan fingerprint density at radius 3 is 2.40 bits per heavy atom. The fraction of sp³-hybridized carbons (Fsp3) is 0.156. The van der Waals surface area contributed by atoms with Crippen LogP contribution in [0.2, 0.25) is 0 Å². The number of para-hydroxylation sites is 4. The molecule has 0 aliphatic heterocycles. The summed E-state index contributed by atoms with van der Waals surface area (Å²) in [7, 11) is 0. The highest BCUT2D eigenvalue weighted by atomic mass is 19.1. The zero-order valence-corrected chi connectivity index (χ0v) is 22.3. The Morgan fingerprint density at radius 1 is 0.950 bits per heavy atom. The summed E-state index contributed by atoms with van der Waals surface area (Å²) in [5.74, 6) is 0.313. The molecule has 1 aromatic heterocycles. The number of amides is 2. The van der Waals surface area contributed by atoms with Crippen molar-refractivity contribution in [2.24, 2.45) is 0 Å². The molecule has 0 saturated heterocycles. The van der Waals surface area contributed by atoms with Crippen LogP contribution in [0.15, 0.2) is 108 Å². The van der Waals surface area contributed by atoms with E-state index in [0.29, 0.717) is 34.8 Å². The minimum Gasteiger partial charge on any atom is -0.492 e. The second-order valence-corrected chi connectivity index (χ2v) is 9.23. The zero-order chi connectivity index (χ0) is 28.1. The Hall–Kier alpha value is -4.98. The smallest absolute Gasteiger partial charge is 0.322 e. The zero-order valence-electron chi connectivity index (χ0n) is 22.3. The molecule has 0 radical (unpaired) electrons. The lowest BCUT2D eigenvalue weighted by Crippen LogP contribution is -2.39. The molecule has 2 amide bonds. The lowest BCUT2D eigenvalue weighted by molar-refractivity contribution is 0.185. The Bertz CT molecular complexity index is 1700. The molecule has 0 aliphatic carbocycles. The summed E-state index contributed by atoms with van der Waals surface area (Å²) < 4.78 is 21.9. The van der Waals surface area contributed by atoms with E-state index in [1.54, 1.807) is 49.4 Å². The number of hydrogen-bond donors (Lipinski definition) is 1. The van der Waals surface area contributed by atoms with Crippen molar-refractivity contribution >= 4 is 22.6 Å². The molecule has 40 heavy (non-hydrogen) atoms. The van der Waals surface area contributed by atoms with Crippen molar-refractivity contribution < 1.29 is 13.9 Å². The number of halogens is 1. The molecule has 7 nitrogen and oxygen atoms in total. The first kappa shape index (κ1) is 26.6. The Kier molecular flexibility index (Phi) is 7.87. The van der Waals surface area contributed by atoms with Gasteiger partial charge in [0.15, 0.2) is 0 Å². The number of rotatable bonds is 8. The first-order chi connectivity index (χ1) is 19.5. The van der Waals surface area contributed by atoms with Crippen LogP contribution in [-0.4, -0.2) is 27.1 Å². The van der Waals surface area contributed by atoms with Gasteiger partial charge in [-0.1, -0.05) is 66.7 Å². The second-order valence-electron chi connectivity index (χ2n) is 9.23. The molecule has 5 rings (SSSR count). The van der Waals surface area contributed by atoms with Crippen LogP contribution in [-0.2, 0) is 6.54 Å². The molecule has 1 N–H and O–H groups in total. The van der Waals surface area contributed by atoms with Crippen LogP contribution >= 0.6 is 0 Å². The van der Waals surface area contributed by atoms with Gasteiger partial charge in [0, 0.05) is 6.54 Å². The molecule has 0 fully saturated rings. The van der Waals surface area contributed by atoms with E-state index in [0.717, 1.165) is 5.56 Å². The van der Waals surface area contributed by atoms with Gasteiger partial charge in [0.05, 0.1) is 34.9 Å². The molecule has 202 valence electrons. The van der Waals surface area contributed by atoms with Gasteiger partial charge in [-0.05, 0) is 55.8 Å². The lowest BCUT2D eigenvalue weighted by Gasteiger charge is -2.31. The van der Waals surface area contributed by atoms with Gasteiger partial charge >= 0.3 is 6.03 Å². The Morgan fingerprint density at radius 2 is 1.62 bits per heavy atom. The first-order valence-corrected chi connectivity index (χ1v) is 13.1. The van der Waals surface area contributed by atoms with Gasteiger partial charge in [-0.15, -0.1) is 0 Å².